The molecular formula is C15H23NO2S. The Morgan fingerprint density at radius 3 is 2.58 bits per heavy atom. The summed E-state index contributed by atoms with van der Waals surface area (Å²) in [6.07, 6.45) is 6.06. The van der Waals surface area contributed by atoms with Crippen molar-refractivity contribution in [1.29, 1.82) is 0 Å². The maximum absolute atomic E-state index is 11.2. The Hall–Kier alpha value is -0.870. The summed E-state index contributed by atoms with van der Waals surface area (Å²) < 4.78 is 22.5. The number of fused-ring (bicyclic) bond motifs is 1. The summed E-state index contributed by atoms with van der Waals surface area (Å²) in [5, 5.41) is 0. The van der Waals surface area contributed by atoms with Crippen LogP contribution in [-0.4, -0.2) is 27.0 Å². The zero-order valence-corrected chi connectivity index (χ0v) is 12.4. The first-order valence-corrected chi connectivity index (χ1v) is 8.95. The SMILES string of the molecule is CS(=O)(=O)CCCC1(CN)CCc2ccccc2C1. The number of hydrogen-bond acceptors (Lipinski definition) is 3. The smallest absolute Gasteiger partial charge is 0.147 e. The van der Waals surface area contributed by atoms with Gasteiger partial charge in [0.1, 0.15) is 9.84 Å². The molecule has 1 aliphatic carbocycles. The van der Waals surface area contributed by atoms with Crippen molar-refractivity contribution in [3.05, 3.63) is 35.4 Å². The molecule has 1 unspecified atom stereocenters. The lowest BCUT2D eigenvalue weighted by molar-refractivity contribution is 0.233. The van der Waals surface area contributed by atoms with E-state index in [0.717, 1.165) is 32.1 Å². The maximum atomic E-state index is 11.2. The van der Waals surface area contributed by atoms with E-state index in [1.807, 2.05) is 0 Å². The normalized spacial score (nSPS) is 23.1. The molecule has 0 spiro atoms. The van der Waals surface area contributed by atoms with Gasteiger partial charge in [0.15, 0.2) is 0 Å². The minimum Gasteiger partial charge on any atom is -0.330 e. The molecule has 3 nitrogen and oxygen atoms in total. The van der Waals surface area contributed by atoms with Crippen molar-refractivity contribution in [2.75, 3.05) is 18.6 Å². The first-order valence-electron chi connectivity index (χ1n) is 6.89. The monoisotopic (exact) mass is 281 g/mol. The zero-order chi connectivity index (χ0) is 13.9. The summed E-state index contributed by atoms with van der Waals surface area (Å²) in [7, 11) is -2.86. The lowest BCUT2D eigenvalue weighted by atomic mass is 9.69. The van der Waals surface area contributed by atoms with Crippen molar-refractivity contribution in [1.82, 2.24) is 0 Å². The fourth-order valence-corrected chi connectivity index (χ4v) is 3.73. The standard InChI is InChI=1S/C15H23NO2S/c1-19(17,18)10-4-8-15(12-16)9-7-13-5-2-3-6-14(13)11-15/h2-3,5-6H,4,7-12,16H2,1H3. The Kier molecular flexibility index (Phi) is 4.31. The van der Waals surface area contributed by atoms with Gasteiger partial charge in [0.05, 0.1) is 0 Å². The van der Waals surface area contributed by atoms with Crippen LogP contribution < -0.4 is 5.73 Å². The number of benzene rings is 1. The molecule has 1 atom stereocenters. The van der Waals surface area contributed by atoms with Crippen LogP contribution in [0.1, 0.15) is 30.4 Å². The second-order valence-electron chi connectivity index (χ2n) is 5.88. The van der Waals surface area contributed by atoms with Gasteiger partial charge in [0.2, 0.25) is 0 Å². The van der Waals surface area contributed by atoms with E-state index in [1.165, 1.54) is 17.4 Å². The quantitative estimate of drug-likeness (QED) is 0.897. The minimum atomic E-state index is -2.86. The van der Waals surface area contributed by atoms with Crippen molar-refractivity contribution in [3.8, 4) is 0 Å². The molecule has 2 rings (SSSR count). The van der Waals surface area contributed by atoms with Crippen LogP contribution in [0.4, 0.5) is 0 Å². The number of hydrogen-bond donors (Lipinski definition) is 1. The van der Waals surface area contributed by atoms with E-state index < -0.39 is 9.84 Å². The van der Waals surface area contributed by atoms with Gasteiger partial charge in [-0.1, -0.05) is 24.3 Å². The van der Waals surface area contributed by atoms with E-state index >= 15 is 0 Å². The first kappa shape index (κ1) is 14.5. The van der Waals surface area contributed by atoms with E-state index in [-0.39, 0.29) is 11.2 Å². The molecule has 0 fully saturated rings. The highest BCUT2D eigenvalue weighted by Gasteiger charge is 2.32. The largest absolute Gasteiger partial charge is 0.330 e. The molecule has 0 saturated carbocycles. The van der Waals surface area contributed by atoms with Crippen LogP contribution in [-0.2, 0) is 22.7 Å². The van der Waals surface area contributed by atoms with Gasteiger partial charge >= 0.3 is 0 Å². The highest BCUT2D eigenvalue weighted by atomic mass is 32.2. The van der Waals surface area contributed by atoms with Gasteiger partial charge in [-0.2, -0.15) is 0 Å². The summed E-state index contributed by atoms with van der Waals surface area (Å²) in [5.74, 6) is 0.274. The molecule has 2 N–H and O–H groups in total. The average Bonchev–Trinajstić information content (AvgIpc) is 2.37. The van der Waals surface area contributed by atoms with Crippen LogP contribution in [0.2, 0.25) is 0 Å². The highest BCUT2D eigenvalue weighted by molar-refractivity contribution is 7.90. The van der Waals surface area contributed by atoms with Crippen LogP contribution in [0.25, 0.3) is 0 Å². The number of nitrogens with two attached hydrogens (primary N) is 1. The molecule has 0 saturated heterocycles. The van der Waals surface area contributed by atoms with Crippen LogP contribution in [0, 0.1) is 5.41 Å². The Morgan fingerprint density at radius 1 is 1.26 bits per heavy atom. The van der Waals surface area contributed by atoms with Crippen molar-refractivity contribution >= 4 is 9.84 Å². The van der Waals surface area contributed by atoms with Crippen LogP contribution in [0.5, 0.6) is 0 Å². The summed E-state index contributed by atoms with van der Waals surface area (Å²) in [5.41, 5.74) is 8.91. The predicted octanol–water partition coefficient (Wildman–Crippen LogP) is 1.95. The van der Waals surface area contributed by atoms with Crippen molar-refractivity contribution in [2.45, 2.75) is 32.1 Å². The average molecular weight is 281 g/mol. The van der Waals surface area contributed by atoms with E-state index in [0.29, 0.717) is 6.54 Å². The minimum absolute atomic E-state index is 0.0963. The Balaban J connectivity index is 2.05. The van der Waals surface area contributed by atoms with E-state index in [1.54, 1.807) is 0 Å². The van der Waals surface area contributed by atoms with Crippen LogP contribution >= 0.6 is 0 Å². The van der Waals surface area contributed by atoms with E-state index in [9.17, 15) is 8.42 Å². The summed E-state index contributed by atoms with van der Waals surface area (Å²) in [6.45, 7) is 0.644. The van der Waals surface area contributed by atoms with Gasteiger partial charge in [-0.05, 0) is 55.2 Å². The Labute approximate surface area is 116 Å². The molecule has 1 aromatic rings. The number of rotatable bonds is 5. The third kappa shape index (κ3) is 3.80. The maximum Gasteiger partial charge on any atom is 0.147 e. The van der Waals surface area contributed by atoms with Crippen molar-refractivity contribution in [3.63, 3.8) is 0 Å². The van der Waals surface area contributed by atoms with Gasteiger partial charge in [0.25, 0.3) is 0 Å². The molecule has 0 amide bonds. The molecule has 0 aromatic heterocycles. The molecule has 0 bridgehead atoms. The van der Waals surface area contributed by atoms with Gasteiger partial charge in [-0.3, -0.25) is 0 Å². The molecular weight excluding hydrogens is 258 g/mol. The number of aryl methyl sites for hydroxylation is 1. The van der Waals surface area contributed by atoms with Crippen molar-refractivity contribution < 1.29 is 8.42 Å². The topological polar surface area (TPSA) is 60.2 Å². The first-order chi connectivity index (χ1) is 8.94. The Morgan fingerprint density at radius 2 is 1.95 bits per heavy atom. The van der Waals surface area contributed by atoms with Crippen LogP contribution in [0.15, 0.2) is 24.3 Å². The van der Waals surface area contributed by atoms with Gasteiger partial charge in [-0.15, -0.1) is 0 Å². The fraction of sp³-hybridized carbons (Fsp3) is 0.600. The summed E-state index contributed by atoms with van der Waals surface area (Å²) in [6, 6.07) is 8.52. The van der Waals surface area contributed by atoms with Crippen LogP contribution in [0.3, 0.4) is 0 Å². The highest BCUT2D eigenvalue weighted by Crippen LogP contribution is 2.38. The fourth-order valence-electron chi connectivity index (χ4n) is 3.07. The summed E-state index contributed by atoms with van der Waals surface area (Å²) in [4.78, 5) is 0. The predicted molar refractivity (Wildman–Crippen MR) is 78.9 cm³/mol. The van der Waals surface area contributed by atoms with Gasteiger partial charge < -0.3 is 5.73 Å². The summed E-state index contributed by atoms with van der Waals surface area (Å²) >= 11 is 0. The van der Waals surface area contributed by atoms with E-state index in [4.69, 9.17) is 5.73 Å². The molecule has 0 radical (unpaired) electrons. The molecule has 19 heavy (non-hydrogen) atoms. The Bertz CT molecular complexity index is 539. The molecule has 4 heteroatoms. The van der Waals surface area contributed by atoms with Gasteiger partial charge in [-0.25, -0.2) is 8.42 Å². The lowest BCUT2D eigenvalue weighted by Crippen LogP contribution is -2.36. The lowest BCUT2D eigenvalue weighted by Gasteiger charge is -2.37. The number of sulfone groups is 1. The molecule has 1 aromatic carbocycles. The second-order valence-corrected chi connectivity index (χ2v) is 8.14. The van der Waals surface area contributed by atoms with Gasteiger partial charge in [0, 0.05) is 12.0 Å². The zero-order valence-electron chi connectivity index (χ0n) is 11.6. The molecule has 0 heterocycles. The second kappa shape index (κ2) is 5.63. The van der Waals surface area contributed by atoms with Crippen molar-refractivity contribution in [2.24, 2.45) is 11.1 Å². The molecule has 0 aliphatic heterocycles. The molecule has 1 aliphatic rings. The van der Waals surface area contributed by atoms with E-state index in [2.05, 4.69) is 24.3 Å². The third-order valence-electron chi connectivity index (χ3n) is 4.26. The third-order valence-corrected chi connectivity index (χ3v) is 5.29. The molecule has 106 valence electrons.